The van der Waals surface area contributed by atoms with Crippen molar-refractivity contribution in [1.82, 2.24) is 9.97 Å². The first-order chi connectivity index (χ1) is 8.51. The second-order valence-corrected chi connectivity index (χ2v) is 4.64. The van der Waals surface area contributed by atoms with Gasteiger partial charge >= 0.3 is 0 Å². The molecule has 2 N–H and O–H groups in total. The first kappa shape index (κ1) is 14.7. The van der Waals surface area contributed by atoms with Crippen LogP contribution in [0.2, 0.25) is 0 Å². The standard InChI is InChI=1S/C13H24N4O/c1-6-17(7-8-18-5)13-10(4)11(14)15-12(16-13)9(2)3/h9H,6-8H2,1-5H3,(H2,14,15,16). The Morgan fingerprint density at radius 2 is 2.00 bits per heavy atom. The Morgan fingerprint density at radius 1 is 1.33 bits per heavy atom. The Hall–Kier alpha value is -1.36. The molecule has 1 aromatic heterocycles. The number of ether oxygens (including phenoxy) is 1. The van der Waals surface area contributed by atoms with E-state index in [1.165, 1.54) is 0 Å². The van der Waals surface area contributed by atoms with Gasteiger partial charge in [-0.3, -0.25) is 0 Å². The lowest BCUT2D eigenvalue weighted by atomic mass is 10.2. The molecule has 1 heterocycles. The van der Waals surface area contributed by atoms with Crippen molar-refractivity contribution in [2.75, 3.05) is 37.4 Å². The van der Waals surface area contributed by atoms with Gasteiger partial charge in [0.05, 0.1) is 6.61 Å². The molecule has 0 bridgehead atoms. The van der Waals surface area contributed by atoms with Gasteiger partial charge < -0.3 is 15.4 Å². The van der Waals surface area contributed by atoms with Crippen molar-refractivity contribution in [3.63, 3.8) is 0 Å². The van der Waals surface area contributed by atoms with E-state index in [0.717, 1.165) is 30.3 Å². The van der Waals surface area contributed by atoms with Crippen LogP contribution >= 0.6 is 0 Å². The number of hydrogen-bond acceptors (Lipinski definition) is 5. The van der Waals surface area contributed by atoms with Gasteiger partial charge in [0.2, 0.25) is 0 Å². The highest BCUT2D eigenvalue weighted by Gasteiger charge is 2.15. The van der Waals surface area contributed by atoms with Crippen molar-refractivity contribution in [3.05, 3.63) is 11.4 Å². The van der Waals surface area contributed by atoms with E-state index in [1.54, 1.807) is 7.11 Å². The van der Waals surface area contributed by atoms with E-state index in [1.807, 2.05) is 6.92 Å². The zero-order chi connectivity index (χ0) is 13.7. The van der Waals surface area contributed by atoms with Crippen LogP contribution in [0.25, 0.3) is 0 Å². The molecular formula is C13H24N4O. The molecule has 18 heavy (non-hydrogen) atoms. The topological polar surface area (TPSA) is 64.3 Å². The van der Waals surface area contributed by atoms with Crippen molar-refractivity contribution < 1.29 is 4.74 Å². The molecule has 0 aliphatic carbocycles. The molecule has 0 saturated carbocycles. The minimum Gasteiger partial charge on any atom is -0.383 e. The Bertz CT molecular complexity index is 393. The number of aromatic nitrogens is 2. The molecule has 0 amide bonds. The van der Waals surface area contributed by atoms with Crippen LogP contribution in [-0.4, -0.2) is 36.8 Å². The monoisotopic (exact) mass is 252 g/mol. The van der Waals surface area contributed by atoms with Gasteiger partial charge in [-0.15, -0.1) is 0 Å². The summed E-state index contributed by atoms with van der Waals surface area (Å²) in [6.07, 6.45) is 0. The van der Waals surface area contributed by atoms with E-state index in [-0.39, 0.29) is 5.92 Å². The first-order valence-corrected chi connectivity index (χ1v) is 6.39. The van der Waals surface area contributed by atoms with E-state index in [4.69, 9.17) is 10.5 Å². The highest BCUT2D eigenvalue weighted by Crippen LogP contribution is 2.24. The van der Waals surface area contributed by atoms with Crippen LogP contribution in [0.4, 0.5) is 11.6 Å². The number of methoxy groups -OCH3 is 1. The molecule has 102 valence electrons. The number of nitrogens with zero attached hydrogens (tertiary/aromatic N) is 3. The van der Waals surface area contributed by atoms with Crippen molar-refractivity contribution in [1.29, 1.82) is 0 Å². The molecule has 0 radical (unpaired) electrons. The lowest BCUT2D eigenvalue weighted by Gasteiger charge is -2.24. The maximum absolute atomic E-state index is 5.97. The summed E-state index contributed by atoms with van der Waals surface area (Å²) in [5.41, 5.74) is 6.91. The molecule has 1 aromatic rings. The largest absolute Gasteiger partial charge is 0.383 e. The molecule has 0 spiro atoms. The molecule has 0 unspecified atom stereocenters. The highest BCUT2D eigenvalue weighted by molar-refractivity contribution is 5.56. The summed E-state index contributed by atoms with van der Waals surface area (Å²) in [7, 11) is 1.70. The van der Waals surface area contributed by atoms with Gasteiger partial charge in [-0.1, -0.05) is 13.8 Å². The van der Waals surface area contributed by atoms with Crippen LogP contribution < -0.4 is 10.6 Å². The second kappa shape index (κ2) is 6.54. The maximum Gasteiger partial charge on any atom is 0.137 e. The summed E-state index contributed by atoms with van der Waals surface area (Å²) in [5, 5.41) is 0. The number of nitrogens with two attached hydrogens (primary N) is 1. The zero-order valence-electron chi connectivity index (χ0n) is 12.0. The van der Waals surface area contributed by atoms with Gasteiger partial charge in [-0.2, -0.15) is 0 Å². The van der Waals surface area contributed by atoms with Gasteiger partial charge in [0.15, 0.2) is 0 Å². The van der Waals surface area contributed by atoms with Gasteiger partial charge in [0, 0.05) is 31.7 Å². The SMILES string of the molecule is CCN(CCOC)c1nc(C(C)C)nc(N)c1C. The fraction of sp³-hybridized carbons (Fsp3) is 0.692. The number of likely N-dealkylation sites (N-methyl/N-ethyl adjacent to an activating group) is 1. The number of anilines is 2. The number of hydrogen-bond donors (Lipinski definition) is 1. The molecule has 0 aliphatic heterocycles. The molecule has 5 heteroatoms. The van der Waals surface area contributed by atoms with Gasteiger partial charge in [0.1, 0.15) is 17.5 Å². The quantitative estimate of drug-likeness (QED) is 0.838. The van der Waals surface area contributed by atoms with Crippen molar-refractivity contribution >= 4 is 11.6 Å². The highest BCUT2D eigenvalue weighted by atomic mass is 16.5. The number of rotatable bonds is 6. The third kappa shape index (κ3) is 3.32. The summed E-state index contributed by atoms with van der Waals surface area (Å²) in [5.74, 6) is 2.56. The van der Waals surface area contributed by atoms with Gasteiger partial charge in [0.25, 0.3) is 0 Å². The summed E-state index contributed by atoms with van der Waals surface area (Å²) < 4.78 is 5.13. The van der Waals surface area contributed by atoms with E-state index in [0.29, 0.717) is 12.4 Å². The fourth-order valence-corrected chi connectivity index (χ4v) is 1.72. The van der Waals surface area contributed by atoms with E-state index in [9.17, 15) is 0 Å². The predicted molar refractivity (Wildman–Crippen MR) is 75.0 cm³/mol. The summed E-state index contributed by atoms with van der Waals surface area (Å²) in [6, 6.07) is 0. The van der Waals surface area contributed by atoms with Crippen LogP contribution in [0, 0.1) is 6.92 Å². The molecule has 1 rings (SSSR count). The van der Waals surface area contributed by atoms with Crippen LogP contribution in [0.5, 0.6) is 0 Å². The van der Waals surface area contributed by atoms with Gasteiger partial charge in [-0.25, -0.2) is 9.97 Å². The normalized spacial score (nSPS) is 11.0. The molecule has 0 atom stereocenters. The molecule has 0 saturated heterocycles. The van der Waals surface area contributed by atoms with Crippen LogP contribution in [0.15, 0.2) is 0 Å². The minimum absolute atomic E-state index is 0.271. The lowest BCUT2D eigenvalue weighted by Crippen LogP contribution is -2.29. The second-order valence-electron chi connectivity index (χ2n) is 4.64. The van der Waals surface area contributed by atoms with E-state index >= 15 is 0 Å². The average Bonchev–Trinajstić information content (AvgIpc) is 2.34. The van der Waals surface area contributed by atoms with Crippen molar-refractivity contribution in [3.8, 4) is 0 Å². The number of nitrogen functional groups attached to an aromatic ring is 1. The predicted octanol–water partition coefficient (Wildman–Crippen LogP) is 1.96. The maximum atomic E-state index is 5.97. The first-order valence-electron chi connectivity index (χ1n) is 6.39. The van der Waals surface area contributed by atoms with E-state index in [2.05, 4.69) is 35.6 Å². The Labute approximate surface area is 109 Å². The van der Waals surface area contributed by atoms with Crippen LogP contribution in [0.1, 0.15) is 38.1 Å². The Morgan fingerprint density at radius 3 is 2.50 bits per heavy atom. The third-order valence-corrected chi connectivity index (χ3v) is 2.94. The Balaban J connectivity index is 3.11. The zero-order valence-corrected chi connectivity index (χ0v) is 12.0. The fourth-order valence-electron chi connectivity index (χ4n) is 1.72. The summed E-state index contributed by atoms with van der Waals surface area (Å²) >= 11 is 0. The third-order valence-electron chi connectivity index (χ3n) is 2.94. The van der Waals surface area contributed by atoms with Crippen molar-refractivity contribution in [2.24, 2.45) is 0 Å². The molecule has 0 aliphatic rings. The Kier molecular flexibility index (Phi) is 5.34. The average molecular weight is 252 g/mol. The molecule has 0 aromatic carbocycles. The molecule has 0 fully saturated rings. The minimum atomic E-state index is 0.271. The van der Waals surface area contributed by atoms with Gasteiger partial charge in [-0.05, 0) is 13.8 Å². The van der Waals surface area contributed by atoms with Crippen molar-refractivity contribution in [2.45, 2.75) is 33.6 Å². The summed E-state index contributed by atoms with van der Waals surface area (Å²) in [6.45, 7) is 10.6. The lowest BCUT2D eigenvalue weighted by molar-refractivity contribution is 0.205. The molecular weight excluding hydrogens is 228 g/mol. The van der Waals surface area contributed by atoms with Crippen LogP contribution in [-0.2, 0) is 4.74 Å². The summed E-state index contributed by atoms with van der Waals surface area (Å²) in [4.78, 5) is 11.1. The smallest absolute Gasteiger partial charge is 0.137 e. The van der Waals surface area contributed by atoms with E-state index < -0.39 is 0 Å². The van der Waals surface area contributed by atoms with Crippen LogP contribution in [0.3, 0.4) is 0 Å². The molecule has 5 nitrogen and oxygen atoms in total.